The number of hydrogen-bond acceptors (Lipinski definition) is 4. The van der Waals surface area contributed by atoms with Gasteiger partial charge in [-0.05, 0) is 31.2 Å². The Kier molecular flexibility index (Phi) is 3.99. The van der Waals surface area contributed by atoms with E-state index in [0.29, 0.717) is 10.2 Å². The highest BCUT2D eigenvalue weighted by atomic mass is 32.1. The highest BCUT2D eigenvalue weighted by molar-refractivity contribution is 7.22. The Labute approximate surface area is 136 Å². The lowest BCUT2D eigenvalue weighted by Gasteiger charge is -2.04. The molecule has 1 amide bonds. The van der Waals surface area contributed by atoms with E-state index in [1.165, 1.54) is 25.1 Å². The number of nitrogens with one attached hydrogen (secondary N) is 1. The van der Waals surface area contributed by atoms with Gasteiger partial charge in [-0.3, -0.25) is 9.48 Å². The molecule has 0 bridgehead atoms. The van der Waals surface area contributed by atoms with Gasteiger partial charge >= 0.3 is 6.18 Å². The number of fused-ring (bicyclic) bond motifs is 1. The molecular formula is C14H10F4N4OS. The topological polar surface area (TPSA) is 59.8 Å². The van der Waals surface area contributed by atoms with Gasteiger partial charge in [-0.2, -0.15) is 18.3 Å². The van der Waals surface area contributed by atoms with Gasteiger partial charge in [-0.1, -0.05) is 11.3 Å². The van der Waals surface area contributed by atoms with Gasteiger partial charge in [0.25, 0.3) is 0 Å². The third-order valence-electron chi connectivity index (χ3n) is 3.16. The van der Waals surface area contributed by atoms with Gasteiger partial charge in [0.05, 0.1) is 10.2 Å². The van der Waals surface area contributed by atoms with Crippen LogP contribution in [0, 0.1) is 12.7 Å². The lowest BCUT2D eigenvalue weighted by Crippen LogP contribution is -2.20. The molecule has 5 nitrogen and oxygen atoms in total. The molecule has 0 aliphatic carbocycles. The summed E-state index contributed by atoms with van der Waals surface area (Å²) < 4.78 is 52.4. The first-order chi connectivity index (χ1) is 11.2. The fraction of sp³-hybridized carbons (Fsp3) is 0.214. The Morgan fingerprint density at radius 3 is 2.75 bits per heavy atom. The van der Waals surface area contributed by atoms with E-state index in [9.17, 15) is 22.4 Å². The van der Waals surface area contributed by atoms with Crippen molar-refractivity contribution < 1.29 is 22.4 Å². The number of alkyl halides is 3. The van der Waals surface area contributed by atoms with Gasteiger partial charge in [-0.15, -0.1) is 0 Å². The molecule has 0 aliphatic heterocycles. The second-order valence-corrected chi connectivity index (χ2v) is 6.04. The lowest BCUT2D eigenvalue weighted by molar-refractivity contribution is -0.141. The van der Waals surface area contributed by atoms with Crippen LogP contribution in [-0.2, 0) is 17.5 Å². The number of amides is 1. The molecule has 2 aromatic heterocycles. The van der Waals surface area contributed by atoms with Gasteiger partial charge in [0.2, 0.25) is 5.91 Å². The first-order valence-electron chi connectivity index (χ1n) is 6.70. The maximum atomic E-state index is 13.1. The van der Waals surface area contributed by atoms with Crippen LogP contribution in [0.3, 0.4) is 0 Å². The Hall–Kier alpha value is -2.49. The smallest absolute Gasteiger partial charge is 0.300 e. The number of thiazole rings is 1. The summed E-state index contributed by atoms with van der Waals surface area (Å²) in [6.07, 6.45) is -4.57. The normalized spacial score (nSPS) is 11.9. The first-order valence-corrected chi connectivity index (χ1v) is 7.51. The number of carbonyl (C=O) groups is 1. The van der Waals surface area contributed by atoms with Crippen molar-refractivity contribution in [3.8, 4) is 0 Å². The average Bonchev–Trinajstić information content (AvgIpc) is 3.01. The lowest BCUT2D eigenvalue weighted by atomic mass is 10.3. The van der Waals surface area contributed by atoms with Crippen LogP contribution in [0.2, 0.25) is 0 Å². The summed E-state index contributed by atoms with van der Waals surface area (Å²) >= 11 is 1.07. The van der Waals surface area contributed by atoms with Crippen LogP contribution in [0.25, 0.3) is 10.2 Å². The van der Waals surface area contributed by atoms with Crippen LogP contribution in [0.1, 0.15) is 11.4 Å². The van der Waals surface area contributed by atoms with Crippen LogP contribution < -0.4 is 5.32 Å². The maximum absolute atomic E-state index is 13.1. The molecule has 3 rings (SSSR count). The minimum Gasteiger partial charge on any atom is -0.300 e. The molecule has 0 spiro atoms. The number of nitrogens with zero attached hydrogens (tertiary/aromatic N) is 3. The van der Waals surface area contributed by atoms with E-state index >= 15 is 0 Å². The summed E-state index contributed by atoms with van der Waals surface area (Å²) in [5, 5.41) is 6.10. The SMILES string of the molecule is Cc1cc(C(F)(F)F)nn1CC(=O)Nc1nc2ccc(F)cc2s1. The third-order valence-corrected chi connectivity index (χ3v) is 4.10. The van der Waals surface area contributed by atoms with E-state index in [0.717, 1.165) is 22.1 Å². The van der Waals surface area contributed by atoms with Crippen molar-refractivity contribution in [1.82, 2.24) is 14.8 Å². The second kappa shape index (κ2) is 5.86. The molecular weight excluding hydrogens is 348 g/mol. The molecule has 0 aliphatic rings. The van der Waals surface area contributed by atoms with E-state index in [1.54, 1.807) is 0 Å². The number of benzene rings is 1. The predicted octanol–water partition coefficient (Wildman–Crippen LogP) is 3.60. The van der Waals surface area contributed by atoms with E-state index in [1.807, 2.05) is 0 Å². The van der Waals surface area contributed by atoms with Crippen molar-refractivity contribution in [2.45, 2.75) is 19.6 Å². The zero-order chi connectivity index (χ0) is 17.5. The van der Waals surface area contributed by atoms with Crippen LogP contribution in [-0.4, -0.2) is 20.7 Å². The van der Waals surface area contributed by atoms with Crippen LogP contribution >= 0.6 is 11.3 Å². The molecule has 3 aromatic rings. The average molecular weight is 358 g/mol. The highest BCUT2D eigenvalue weighted by Crippen LogP contribution is 2.29. The van der Waals surface area contributed by atoms with Crippen LogP contribution in [0.5, 0.6) is 0 Å². The van der Waals surface area contributed by atoms with Crippen LogP contribution in [0.4, 0.5) is 22.7 Å². The Morgan fingerprint density at radius 2 is 2.08 bits per heavy atom. The van der Waals surface area contributed by atoms with Crippen molar-refractivity contribution in [3.63, 3.8) is 0 Å². The number of hydrogen-bond donors (Lipinski definition) is 1. The molecule has 2 heterocycles. The zero-order valence-electron chi connectivity index (χ0n) is 12.2. The van der Waals surface area contributed by atoms with Crippen molar-refractivity contribution in [3.05, 3.63) is 41.5 Å². The number of aryl methyl sites for hydroxylation is 1. The molecule has 24 heavy (non-hydrogen) atoms. The second-order valence-electron chi connectivity index (χ2n) is 5.01. The molecule has 0 saturated heterocycles. The Morgan fingerprint density at radius 1 is 1.33 bits per heavy atom. The van der Waals surface area contributed by atoms with E-state index < -0.39 is 23.6 Å². The third kappa shape index (κ3) is 3.37. The quantitative estimate of drug-likeness (QED) is 0.728. The van der Waals surface area contributed by atoms with Crippen molar-refractivity contribution in [2.24, 2.45) is 0 Å². The van der Waals surface area contributed by atoms with Gasteiger partial charge in [0.1, 0.15) is 12.4 Å². The largest absolute Gasteiger partial charge is 0.435 e. The van der Waals surface area contributed by atoms with Crippen LogP contribution in [0.15, 0.2) is 24.3 Å². The minimum absolute atomic E-state index is 0.212. The molecule has 10 heteroatoms. The molecule has 0 atom stereocenters. The molecule has 0 radical (unpaired) electrons. The maximum Gasteiger partial charge on any atom is 0.435 e. The molecule has 126 valence electrons. The molecule has 1 aromatic carbocycles. The highest BCUT2D eigenvalue weighted by Gasteiger charge is 2.34. The molecule has 0 fully saturated rings. The summed E-state index contributed by atoms with van der Waals surface area (Å²) in [5.74, 6) is -0.995. The number of aromatic nitrogens is 3. The standard InChI is InChI=1S/C14H10F4N4OS/c1-7-4-11(14(16,17)18)21-22(7)6-12(23)20-13-19-9-3-2-8(15)5-10(9)24-13/h2-5H,6H2,1H3,(H,19,20,23). The zero-order valence-corrected chi connectivity index (χ0v) is 13.0. The van der Waals surface area contributed by atoms with Crippen molar-refractivity contribution >= 4 is 32.6 Å². The van der Waals surface area contributed by atoms with Gasteiger partial charge in [-0.25, -0.2) is 9.37 Å². The Balaban J connectivity index is 1.74. The van der Waals surface area contributed by atoms with E-state index in [2.05, 4.69) is 15.4 Å². The summed E-state index contributed by atoms with van der Waals surface area (Å²) in [6, 6.07) is 4.88. The van der Waals surface area contributed by atoms with Gasteiger partial charge < -0.3 is 5.32 Å². The van der Waals surface area contributed by atoms with Crippen molar-refractivity contribution in [2.75, 3.05) is 5.32 Å². The summed E-state index contributed by atoms with van der Waals surface area (Å²) in [7, 11) is 0. The van der Waals surface area contributed by atoms with E-state index in [4.69, 9.17) is 0 Å². The number of carbonyl (C=O) groups excluding carboxylic acids is 1. The first kappa shape index (κ1) is 16.4. The van der Waals surface area contributed by atoms with E-state index in [-0.39, 0.29) is 17.4 Å². The number of halogens is 4. The van der Waals surface area contributed by atoms with Crippen molar-refractivity contribution in [1.29, 1.82) is 0 Å². The minimum atomic E-state index is -4.57. The Bertz CT molecular complexity index is 915. The number of anilines is 1. The summed E-state index contributed by atoms with van der Waals surface area (Å²) in [5.41, 5.74) is -0.321. The molecule has 0 unspecified atom stereocenters. The molecule has 0 saturated carbocycles. The van der Waals surface area contributed by atoms with Gasteiger partial charge in [0.15, 0.2) is 10.8 Å². The predicted molar refractivity (Wildman–Crippen MR) is 80.2 cm³/mol. The fourth-order valence-corrected chi connectivity index (χ4v) is 2.96. The summed E-state index contributed by atoms with van der Waals surface area (Å²) in [4.78, 5) is 16.1. The molecule has 1 N–H and O–H groups in total. The fourth-order valence-electron chi connectivity index (χ4n) is 2.06. The number of rotatable bonds is 3. The summed E-state index contributed by atoms with van der Waals surface area (Å²) in [6.45, 7) is 1.04. The van der Waals surface area contributed by atoms with Gasteiger partial charge in [0, 0.05) is 5.69 Å². The monoisotopic (exact) mass is 358 g/mol.